The van der Waals surface area contributed by atoms with Gasteiger partial charge in [0, 0.05) is 6.54 Å². The second kappa shape index (κ2) is 5.02. The third-order valence-electron chi connectivity index (χ3n) is 3.81. The van der Waals surface area contributed by atoms with E-state index in [2.05, 4.69) is 22.0 Å². The largest absolute Gasteiger partial charge is 0.302 e. The van der Waals surface area contributed by atoms with E-state index in [1.807, 2.05) is 13.0 Å². The summed E-state index contributed by atoms with van der Waals surface area (Å²) < 4.78 is 1.19. The molecular formula is C15H18N2OS. The minimum Gasteiger partial charge on any atom is -0.302 e. The summed E-state index contributed by atoms with van der Waals surface area (Å²) in [7, 11) is 0. The highest BCUT2D eigenvalue weighted by atomic mass is 32.1. The van der Waals surface area contributed by atoms with Gasteiger partial charge in [-0.05, 0) is 45.0 Å². The van der Waals surface area contributed by atoms with Gasteiger partial charge in [0.15, 0.2) is 0 Å². The highest BCUT2D eigenvalue weighted by Crippen LogP contribution is 2.30. The van der Waals surface area contributed by atoms with Crippen LogP contribution in [0.1, 0.15) is 29.8 Å². The minimum atomic E-state index is -0.0366. The Morgan fingerprint density at radius 2 is 2.26 bits per heavy atom. The monoisotopic (exact) mass is 274 g/mol. The fraction of sp³-hybridized carbons (Fsp3) is 0.467. The first kappa shape index (κ1) is 12.8. The van der Waals surface area contributed by atoms with Crippen molar-refractivity contribution in [1.29, 1.82) is 0 Å². The first-order valence-electron chi connectivity index (χ1n) is 6.74. The zero-order valence-corrected chi connectivity index (χ0v) is 12.2. The zero-order valence-electron chi connectivity index (χ0n) is 11.3. The van der Waals surface area contributed by atoms with Gasteiger partial charge in [-0.3, -0.25) is 4.79 Å². The first-order valence-corrected chi connectivity index (χ1v) is 7.55. The Balaban J connectivity index is 2.00. The maximum Gasteiger partial charge on any atom is 0.138 e. The molecule has 1 aliphatic rings. The number of rotatable bonds is 4. The summed E-state index contributed by atoms with van der Waals surface area (Å²) in [4.78, 5) is 19.0. The molecular weight excluding hydrogens is 256 g/mol. The van der Waals surface area contributed by atoms with E-state index in [1.165, 1.54) is 11.1 Å². The van der Waals surface area contributed by atoms with Gasteiger partial charge in [-0.1, -0.05) is 12.1 Å². The fourth-order valence-electron chi connectivity index (χ4n) is 2.63. The van der Waals surface area contributed by atoms with Crippen molar-refractivity contribution in [3.05, 3.63) is 28.8 Å². The molecule has 2 heterocycles. The van der Waals surface area contributed by atoms with E-state index < -0.39 is 0 Å². The average Bonchev–Trinajstić information content (AvgIpc) is 2.67. The van der Waals surface area contributed by atoms with E-state index in [-0.39, 0.29) is 11.7 Å². The highest BCUT2D eigenvalue weighted by Gasteiger charge is 2.25. The van der Waals surface area contributed by atoms with Gasteiger partial charge in [0.05, 0.1) is 21.1 Å². The van der Waals surface area contributed by atoms with E-state index in [0.717, 1.165) is 35.7 Å². The molecule has 19 heavy (non-hydrogen) atoms. The van der Waals surface area contributed by atoms with Crippen molar-refractivity contribution in [2.24, 2.45) is 0 Å². The number of hydrogen-bond acceptors (Lipinski definition) is 4. The number of hydrogen-bond donors (Lipinski definition) is 0. The second-order valence-corrected chi connectivity index (χ2v) is 6.48. The van der Waals surface area contributed by atoms with Gasteiger partial charge in [-0.2, -0.15) is 0 Å². The number of Topliss-reactive ketones (excluding diaryl/α,β-unsaturated/α-hetero) is 1. The molecule has 1 aliphatic heterocycles. The van der Waals surface area contributed by atoms with Crippen molar-refractivity contribution in [2.45, 2.75) is 26.2 Å². The molecule has 3 rings (SSSR count). The van der Waals surface area contributed by atoms with E-state index in [0.29, 0.717) is 0 Å². The number of carbonyl (C=O) groups excluding carboxylic acids is 1. The van der Waals surface area contributed by atoms with Crippen molar-refractivity contribution < 1.29 is 4.79 Å². The molecule has 2 aromatic rings. The van der Waals surface area contributed by atoms with Gasteiger partial charge < -0.3 is 4.90 Å². The van der Waals surface area contributed by atoms with Crippen LogP contribution in [0.2, 0.25) is 0 Å². The molecule has 0 spiro atoms. The van der Waals surface area contributed by atoms with E-state index >= 15 is 0 Å². The third kappa shape index (κ3) is 2.42. The molecule has 0 bridgehead atoms. The first-order chi connectivity index (χ1) is 9.15. The molecule has 4 heteroatoms. The molecule has 0 saturated carbocycles. The van der Waals surface area contributed by atoms with Gasteiger partial charge in [-0.25, -0.2) is 4.98 Å². The van der Waals surface area contributed by atoms with Crippen LogP contribution in [0.25, 0.3) is 10.2 Å². The van der Waals surface area contributed by atoms with Crippen LogP contribution in [-0.4, -0.2) is 35.3 Å². The summed E-state index contributed by atoms with van der Waals surface area (Å²) in [6.45, 7) is 6.80. The van der Waals surface area contributed by atoms with E-state index in [9.17, 15) is 4.79 Å². The summed E-state index contributed by atoms with van der Waals surface area (Å²) in [5, 5.41) is 1.06. The number of thiazole rings is 1. The molecule has 1 fully saturated rings. The lowest BCUT2D eigenvalue weighted by Crippen LogP contribution is -2.41. The van der Waals surface area contributed by atoms with Gasteiger partial charge in [-0.15, -0.1) is 11.3 Å². The van der Waals surface area contributed by atoms with Crippen LogP contribution in [-0.2, 0) is 4.79 Å². The predicted octanol–water partition coefficient (Wildman–Crippen LogP) is 2.98. The van der Waals surface area contributed by atoms with Gasteiger partial charge in [0.2, 0.25) is 0 Å². The number of nitrogens with zero attached hydrogens (tertiary/aromatic N) is 2. The van der Waals surface area contributed by atoms with Crippen molar-refractivity contribution in [1.82, 2.24) is 9.88 Å². The number of likely N-dealkylation sites (tertiary alicyclic amines) is 1. The number of ketones is 1. The van der Waals surface area contributed by atoms with Crippen LogP contribution in [0.3, 0.4) is 0 Å². The van der Waals surface area contributed by atoms with Crippen molar-refractivity contribution in [2.75, 3.05) is 19.6 Å². The molecule has 0 radical (unpaired) electrons. The maximum absolute atomic E-state index is 12.0. The molecule has 1 unspecified atom stereocenters. The lowest BCUT2D eigenvalue weighted by Gasteiger charge is -2.33. The number of benzene rings is 1. The van der Waals surface area contributed by atoms with Crippen LogP contribution in [0.15, 0.2) is 18.2 Å². The average molecular weight is 274 g/mol. The van der Waals surface area contributed by atoms with Gasteiger partial charge in [0.1, 0.15) is 5.78 Å². The summed E-state index contributed by atoms with van der Waals surface area (Å²) in [6.07, 6.45) is 1.25. The normalized spacial score (nSPS) is 17.4. The standard InChI is InChI=1S/C15H18N2OS/c1-10(18)13(9-17-7-4-8-17)12-5-3-6-14-15(12)16-11(2)19-14/h3,5-6,13H,4,7-9H2,1-2H3. The van der Waals surface area contributed by atoms with Crippen LogP contribution in [0.5, 0.6) is 0 Å². The molecule has 3 nitrogen and oxygen atoms in total. The fourth-order valence-corrected chi connectivity index (χ4v) is 3.49. The maximum atomic E-state index is 12.0. The summed E-state index contributed by atoms with van der Waals surface area (Å²) in [6, 6.07) is 6.19. The second-order valence-electron chi connectivity index (χ2n) is 5.24. The SMILES string of the molecule is CC(=O)C(CN1CCC1)c1cccc2sc(C)nc12. The Morgan fingerprint density at radius 3 is 2.89 bits per heavy atom. The zero-order chi connectivity index (χ0) is 13.4. The van der Waals surface area contributed by atoms with Crippen LogP contribution < -0.4 is 0 Å². The minimum absolute atomic E-state index is 0.0366. The Hall–Kier alpha value is -1.26. The van der Waals surface area contributed by atoms with Crippen molar-refractivity contribution in [3.8, 4) is 0 Å². The van der Waals surface area contributed by atoms with Crippen LogP contribution in [0, 0.1) is 6.92 Å². The predicted molar refractivity (Wildman–Crippen MR) is 78.8 cm³/mol. The number of aromatic nitrogens is 1. The van der Waals surface area contributed by atoms with Gasteiger partial charge >= 0.3 is 0 Å². The molecule has 1 atom stereocenters. The van der Waals surface area contributed by atoms with E-state index in [4.69, 9.17) is 0 Å². The Labute approximate surface area is 117 Å². The molecule has 0 N–H and O–H groups in total. The molecule has 1 saturated heterocycles. The molecule has 0 amide bonds. The Bertz CT molecular complexity index is 616. The topological polar surface area (TPSA) is 33.2 Å². The Morgan fingerprint density at radius 1 is 1.47 bits per heavy atom. The van der Waals surface area contributed by atoms with Gasteiger partial charge in [0.25, 0.3) is 0 Å². The van der Waals surface area contributed by atoms with Crippen LogP contribution >= 0.6 is 11.3 Å². The molecule has 1 aromatic carbocycles. The highest BCUT2D eigenvalue weighted by molar-refractivity contribution is 7.18. The van der Waals surface area contributed by atoms with Crippen LogP contribution in [0.4, 0.5) is 0 Å². The van der Waals surface area contributed by atoms with E-state index in [1.54, 1.807) is 18.3 Å². The molecule has 0 aliphatic carbocycles. The summed E-state index contributed by atoms with van der Waals surface area (Å²) in [5.74, 6) is 0.204. The number of para-hydroxylation sites is 1. The number of fused-ring (bicyclic) bond motifs is 1. The summed E-state index contributed by atoms with van der Waals surface area (Å²) >= 11 is 1.70. The third-order valence-corrected chi connectivity index (χ3v) is 4.75. The number of aryl methyl sites for hydroxylation is 1. The smallest absolute Gasteiger partial charge is 0.138 e. The Kier molecular flexibility index (Phi) is 3.37. The molecule has 100 valence electrons. The van der Waals surface area contributed by atoms with Crippen molar-refractivity contribution >= 4 is 27.3 Å². The lowest BCUT2D eigenvalue weighted by atomic mass is 9.93. The summed E-state index contributed by atoms with van der Waals surface area (Å²) in [5.41, 5.74) is 2.12. The number of carbonyl (C=O) groups is 1. The quantitative estimate of drug-likeness (QED) is 0.859. The lowest BCUT2D eigenvalue weighted by molar-refractivity contribution is -0.119. The molecule has 1 aromatic heterocycles. The van der Waals surface area contributed by atoms with Crippen molar-refractivity contribution in [3.63, 3.8) is 0 Å².